The first-order valence-corrected chi connectivity index (χ1v) is 20.9. The number of carbonyl (C=O) groups is 4. The molecule has 8 atom stereocenters. The van der Waals surface area contributed by atoms with Crippen LogP contribution >= 0.6 is 0 Å². The molecule has 9 heteroatoms. The topological polar surface area (TPSA) is 125 Å². The Morgan fingerprint density at radius 3 is 1.94 bits per heavy atom. The van der Waals surface area contributed by atoms with E-state index in [1.165, 1.54) is 25.7 Å². The lowest BCUT2D eigenvalue weighted by molar-refractivity contribution is -0.225. The van der Waals surface area contributed by atoms with Crippen molar-refractivity contribution in [3.8, 4) is 0 Å². The number of esters is 4. The predicted octanol–water partition coefficient (Wildman–Crippen LogP) is 8.65. The minimum absolute atomic E-state index is 0.0150. The van der Waals surface area contributed by atoms with Crippen LogP contribution in [0.2, 0.25) is 0 Å². The third-order valence-electron chi connectivity index (χ3n) is 14.6. The molecule has 9 nitrogen and oxygen atoms in total. The van der Waals surface area contributed by atoms with E-state index >= 15 is 0 Å². The number of carbonyl (C=O) groups excluding carboxylic acids is 4. The van der Waals surface area contributed by atoms with Gasteiger partial charge in [0.25, 0.3) is 0 Å². The molecule has 0 amide bonds. The smallest absolute Gasteiger partial charge is 0.312 e. The summed E-state index contributed by atoms with van der Waals surface area (Å²) in [4.78, 5) is 47.8. The molecule has 0 aromatic rings. The van der Waals surface area contributed by atoms with Crippen LogP contribution in [0.1, 0.15) is 171 Å². The maximum absolute atomic E-state index is 12.4. The Morgan fingerprint density at radius 1 is 0.846 bits per heavy atom. The fraction of sp³-hybridized carbons (Fsp3) is 0.907. The second kappa shape index (κ2) is 15.5. The third-order valence-corrected chi connectivity index (χ3v) is 14.6. The van der Waals surface area contributed by atoms with E-state index in [0.29, 0.717) is 30.1 Å². The van der Waals surface area contributed by atoms with Crippen LogP contribution in [0.4, 0.5) is 0 Å². The van der Waals surface area contributed by atoms with E-state index in [2.05, 4.69) is 6.92 Å². The fourth-order valence-electron chi connectivity index (χ4n) is 10.4. The van der Waals surface area contributed by atoms with Gasteiger partial charge in [0.2, 0.25) is 0 Å². The number of ether oxygens (including phenoxy) is 4. The number of aliphatic hydroxyl groups is 1. The van der Waals surface area contributed by atoms with E-state index in [4.69, 9.17) is 18.9 Å². The summed E-state index contributed by atoms with van der Waals surface area (Å²) in [7, 11) is 0. The van der Waals surface area contributed by atoms with E-state index in [9.17, 15) is 24.3 Å². The molecular weight excluding hydrogens is 660 g/mol. The van der Waals surface area contributed by atoms with E-state index in [1.54, 1.807) is 0 Å². The number of rotatable bonds is 10. The highest BCUT2D eigenvalue weighted by Crippen LogP contribution is 2.59. The first-order valence-electron chi connectivity index (χ1n) is 20.9. The largest absolute Gasteiger partial charge is 0.459 e. The van der Waals surface area contributed by atoms with Crippen molar-refractivity contribution in [3.63, 3.8) is 0 Å². The Kier molecular flexibility index (Phi) is 12.2. The Hall–Kier alpha value is -2.16. The normalized spacial score (nSPS) is 36.8. The second-order valence-electron chi connectivity index (χ2n) is 19.3. The maximum atomic E-state index is 12.4. The minimum atomic E-state index is -0.555. The summed E-state index contributed by atoms with van der Waals surface area (Å²) in [6.07, 6.45) is 16.3. The molecule has 1 N–H and O–H groups in total. The first kappa shape index (κ1) is 41.0. The van der Waals surface area contributed by atoms with Crippen molar-refractivity contribution >= 4 is 23.9 Å². The zero-order valence-electron chi connectivity index (χ0n) is 33.9. The lowest BCUT2D eigenvalue weighted by atomic mass is 9.52. The van der Waals surface area contributed by atoms with Crippen LogP contribution in [0, 0.1) is 46.3 Å². The van der Waals surface area contributed by atoms with Crippen molar-refractivity contribution in [3.05, 3.63) is 0 Å². The van der Waals surface area contributed by atoms with Crippen LogP contribution in [0.3, 0.4) is 0 Å². The van der Waals surface area contributed by atoms with Gasteiger partial charge in [-0.1, -0.05) is 41.0 Å². The Morgan fingerprint density at radius 2 is 1.42 bits per heavy atom. The highest BCUT2D eigenvalue weighted by molar-refractivity contribution is 5.78. The summed E-state index contributed by atoms with van der Waals surface area (Å²) in [5.41, 5.74) is -1.81. The molecule has 6 bridgehead atoms. The second-order valence-corrected chi connectivity index (χ2v) is 19.3. The molecule has 0 radical (unpaired) electrons. The van der Waals surface area contributed by atoms with Crippen molar-refractivity contribution in [2.45, 2.75) is 200 Å². The van der Waals surface area contributed by atoms with Gasteiger partial charge in [0, 0.05) is 18.3 Å². The molecule has 0 aromatic heterocycles. The standard InChI is InChI=1S/C16H26O3.C14H26O2.C13H18O4/c1-4-14(2,3)13(17)19-16-8-11-5-12(9-16)7-15(18,6-11)10-16;1-5-13(3,4)12(15)16-14(6-2)10-8-7-9-11-14;1-3-6(2)12(14)16-10-7-4-8-9(5-7)13(15)17-11(8)10/h11-12,18H,4-10H2,1-3H3;5-11H2,1-4H3;6-11H,3-5H2,1-2H3. The fourth-order valence-corrected chi connectivity index (χ4v) is 10.4. The zero-order valence-corrected chi connectivity index (χ0v) is 33.9. The first-order chi connectivity index (χ1) is 24.3. The monoisotopic (exact) mass is 731 g/mol. The SMILES string of the molecule is CCC(C)(C)C(=O)OC12CC3CC(CC(O)(C3)C1)C2.CCC(C)C(=O)OC1C2CC3C(=O)OC1C3C2.CCC1(OC(=O)C(C)(C)CC)CCCCC1. The van der Waals surface area contributed by atoms with Crippen molar-refractivity contribution in [2.75, 3.05) is 0 Å². The van der Waals surface area contributed by atoms with Gasteiger partial charge in [0.15, 0.2) is 0 Å². The Bertz CT molecular complexity index is 1300. The molecule has 1 heterocycles. The molecule has 8 rings (SSSR count). The lowest BCUT2D eigenvalue weighted by Gasteiger charge is -2.59. The average molecular weight is 731 g/mol. The van der Waals surface area contributed by atoms with E-state index in [0.717, 1.165) is 77.0 Å². The Balaban J connectivity index is 0.000000152. The average Bonchev–Trinajstić information content (AvgIpc) is 3.73. The summed E-state index contributed by atoms with van der Waals surface area (Å²) in [6.45, 7) is 17.9. The van der Waals surface area contributed by atoms with Crippen LogP contribution in [-0.4, -0.2) is 58.0 Å². The molecule has 7 saturated carbocycles. The summed E-state index contributed by atoms with van der Waals surface area (Å²) in [5, 5.41) is 10.6. The third kappa shape index (κ3) is 8.54. The molecule has 0 spiro atoms. The van der Waals surface area contributed by atoms with Gasteiger partial charge in [0.05, 0.1) is 28.3 Å². The van der Waals surface area contributed by atoms with Gasteiger partial charge in [-0.25, -0.2) is 0 Å². The molecule has 8 fully saturated rings. The lowest BCUT2D eigenvalue weighted by Crippen LogP contribution is -2.61. The molecule has 7 aliphatic carbocycles. The number of hydrogen-bond acceptors (Lipinski definition) is 9. The van der Waals surface area contributed by atoms with Gasteiger partial charge < -0.3 is 24.1 Å². The van der Waals surface area contributed by atoms with Gasteiger partial charge in [-0.15, -0.1) is 0 Å². The van der Waals surface area contributed by atoms with Gasteiger partial charge >= 0.3 is 23.9 Å². The summed E-state index contributed by atoms with van der Waals surface area (Å²) >= 11 is 0. The molecular formula is C43H70O9. The van der Waals surface area contributed by atoms with Crippen LogP contribution in [-0.2, 0) is 38.1 Å². The van der Waals surface area contributed by atoms with Crippen LogP contribution < -0.4 is 0 Å². The van der Waals surface area contributed by atoms with Crippen molar-refractivity contribution < 1.29 is 43.2 Å². The molecule has 52 heavy (non-hydrogen) atoms. The van der Waals surface area contributed by atoms with Crippen LogP contribution in [0.5, 0.6) is 0 Å². The maximum Gasteiger partial charge on any atom is 0.312 e. The summed E-state index contributed by atoms with van der Waals surface area (Å²) < 4.78 is 22.7. The summed E-state index contributed by atoms with van der Waals surface area (Å²) in [6, 6.07) is 0. The van der Waals surface area contributed by atoms with Crippen molar-refractivity contribution in [1.82, 2.24) is 0 Å². The predicted molar refractivity (Wildman–Crippen MR) is 198 cm³/mol. The highest BCUT2D eigenvalue weighted by Gasteiger charge is 2.63. The minimum Gasteiger partial charge on any atom is -0.459 e. The van der Waals surface area contributed by atoms with Crippen LogP contribution in [0.15, 0.2) is 0 Å². The molecule has 8 unspecified atom stereocenters. The van der Waals surface area contributed by atoms with E-state index in [-0.39, 0.29) is 64.5 Å². The molecule has 0 aromatic carbocycles. The highest BCUT2D eigenvalue weighted by atomic mass is 16.6. The quantitative estimate of drug-likeness (QED) is 0.174. The number of hydrogen-bond donors (Lipinski definition) is 1. The summed E-state index contributed by atoms with van der Waals surface area (Å²) in [5.74, 6) is 1.46. The molecule has 8 aliphatic rings. The van der Waals surface area contributed by atoms with Crippen LogP contribution in [0.25, 0.3) is 0 Å². The Labute approximate surface area is 313 Å². The molecule has 1 aliphatic heterocycles. The van der Waals surface area contributed by atoms with Gasteiger partial charge in [0.1, 0.15) is 23.4 Å². The van der Waals surface area contributed by atoms with Crippen molar-refractivity contribution in [1.29, 1.82) is 0 Å². The molecule has 296 valence electrons. The van der Waals surface area contributed by atoms with Gasteiger partial charge in [-0.05, 0) is 136 Å². The van der Waals surface area contributed by atoms with E-state index < -0.39 is 11.0 Å². The van der Waals surface area contributed by atoms with E-state index in [1.807, 2.05) is 55.4 Å². The van der Waals surface area contributed by atoms with Crippen molar-refractivity contribution in [2.24, 2.45) is 46.3 Å². The van der Waals surface area contributed by atoms with Gasteiger partial charge in [-0.3, -0.25) is 19.2 Å². The zero-order chi connectivity index (χ0) is 38.3. The van der Waals surface area contributed by atoms with Gasteiger partial charge in [-0.2, -0.15) is 0 Å². The molecule has 1 saturated heterocycles. The number of fused-ring (bicyclic) bond motifs is 1.